The van der Waals surface area contributed by atoms with Crippen molar-refractivity contribution < 1.29 is 47.4 Å². The third kappa shape index (κ3) is 9.54. The lowest BCUT2D eigenvalue weighted by atomic mass is 9.98. The van der Waals surface area contributed by atoms with Crippen LogP contribution in [0.4, 0.5) is 4.39 Å². The van der Waals surface area contributed by atoms with Gasteiger partial charge in [-0.25, -0.2) is 9.18 Å². The van der Waals surface area contributed by atoms with Gasteiger partial charge < -0.3 is 23.7 Å². The molecule has 0 saturated carbocycles. The predicted octanol–water partition coefficient (Wildman–Crippen LogP) is 7.58. The summed E-state index contributed by atoms with van der Waals surface area (Å²) in [7, 11) is 1.88. The van der Waals surface area contributed by atoms with Crippen LogP contribution in [0.15, 0.2) is 66.7 Å². The van der Waals surface area contributed by atoms with Crippen LogP contribution in [0.2, 0.25) is 5.02 Å². The van der Waals surface area contributed by atoms with Crippen LogP contribution in [0.1, 0.15) is 95.1 Å². The van der Waals surface area contributed by atoms with Gasteiger partial charge in [0.15, 0.2) is 6.10 Å². The molecule has 0 aliphatic carbocycles. The van der Waals surface area contributed by atoms with E-state index in [0.717, 1.165) is 54.7 Å². The van der Waals surface area contributed by atoms with Crippen LogP contribution in [0.5, 0.6) is 11.5 Å². The average molecular weight is 1000 g/mol. The van der Waals surface area contributed by atoms with Gasteiger partial charge in [0.1, 0.15) is 34.7 Å². The standard InChI is InChI=1S/C54H57ClFN7O9/c1-30-44(31(2)59(7)58-30)46-39(55)19-18-37-36(13-10-28-70-41-14-8-11-33-29-34(56)16-17-35(33)41)48(53(69)72-54(4,5)6)62(47(37)46)27-24-60-22-25-61(26-23-60)50(66)32(3)71-42-15-9-12-38-45(42)52(68)63(51(38)67)40-20-21-43(64)57-49(40)65/h8-9,11-12,14-19,29,32,40H,10,13,20-28H2,1-7H3,(H,57,64,65)/t32-,40?/m0/s1. The van der Waals surface area contributed by atoms with Gasteiger partial charge in [0.05, 0.1) is 34.0 Å². The van der Waals surface area contributed by atoms with Crippen molar-refractivity contribution in [3.63, 3.8) is 0 Å². The number of hydrogen-bond donors (Lipinski definition) is 1. The van der Waals surface area contributed by atoms with E-state index in [0.29, 0.717) is 75.2 Å². The third-order valence-corrected chi connectivity index (χ3v) is 14.0. The Morgan fingerprint density at radius 2 is 1.61 bits per heavy atom. The molecular formula is C54H57ClFN7O9. The number of nitrogens with zero attached hydrogens (tertiary/aromatic N) is 6. The molecule has 6 aromatic rings. The van der Waals surface area contributed by atoms with Gasteiger partial charge in [-0.1, -0.05) is 35.9 Å². The maximum Gasteiger partial charge on any atom is 0.355 e. The van der Waals surface area contributed by atoms with Gasteiger partial charge >= 0.3 is 5.97 Å². The molecule has 5 heterocycles. The Morgan fingerprint density at radius 3 is 2.32 bits per heavy atom. The number of aryl methyl sites for hydroxylation is 3. The van der Waals surface area contributed by atoms with E-state index in [1.54, 1.807) is 24.0 Å². The number of imide groups is 2. The molecular weight excluding hydrogens is 945 g/mol. The molecule has 0 bridgehead atoms. The van der Waals surface area contributed by atoms with Crippen LogP contribution in [-0.4, -0.2) is 122 Å². The van der Waals surface area contributed by atoms with E-state index in [1.807, 2.05) is 81.2 Å². The van der Waals surface area contributed by atoms with E-state index in [4.69, 9.17) is 30.9 Å². The number of aromatic nitrogens is 3. The summed E-state index contributed by atoms with van der Waals surface area (Å²) >= 11 is 7.20. The van der Waals surface area contributed by atoms with E-state index in [9.17, 15) is 33.2 Å². The summed E-state index contributed by atoms with van der Waals surface area (Å²) in [6, 6.07) is 17.4. The van der Waals surface area contributed by atoms with Crippen LogP contribution in [-0.2, 0) is 39.1 Å². The van der Waals surface area contributed by atoms with Gasteiger partial charge in [-0.15, -0.1) is 0 Å². The zero-order chi connectivity index (χ0) is 51.3. The highest BCUT2D eigenvalue weighted by Gasteiger charge is 2.46. The molecule has 5 amide bonds. The number of benzene rings is 4. The first-order chi connectivity index (χ1) is 34.3. The van der Waals surface area contributed by atoms with Gasteiger partial charge in [-0.3, -0.25) is 43.8 Å². The number of esters is 1. The molecule has 0 spiro atoms. The van der Waals surface area contributed by atoms with Crippen molar-refractivity contribution in [3.8, 4) is 22.6 Å². The van der Waals surface area contributed by atoms with Gasteiger partial charge in [0.2, 0.25) is 11.8 Å². The third-order valence-electron chi connectivity index (χ3n) is 13.7. The fourth-order valence-electron chi connectivity index (χ4n) is 10.2. The second-order valence-corrected chi connectivity index (χ2v) is 20.0. The van der Waals surface area contributed by atoms with Crippen LogP contribution in [0.25, 0.3) is 32.8 Å². The van der Waals surface area contributed by atoms with E-state index < -0.39 is 47.3 Å². The molecule has 18 heteroatoms. The van der Waals surface area contributed by atoms with Crippen LogP contribution < -0.4 is 14.8 Å². The van der Waals surface area contributed by atoms with Gasteiger partial charge in [0, 0.05) is 80.3 Å². The lowest BCUT2D eigenvalue weighted by Crippen LogP contribution is -2.54. The number of carbonyl (C=O) groups is 6. The van der Waals surface area contributed by atoms with Crippen molar-refractivity contribution in [1.82, 2.24) is 34.4 Å². The number of halogens is 2. The Morgan fingerprint density at radius 1 is 0.889 bits per heavy atom. The van der Waals surface area contributed by atoms with E-state index >= 15 is 0 Å². The number of piperazine rings is 1. The number of fused-ring (bicyclic) bond motifs is 3. The number of nitrogens with one attached hydrogen (secondary N) is 1. The SMILES string of the molecule is Cc1nn(C)c(C)c1-c1c(Cl)ccc2c(CCCOc3cccc4cc(F)ccc34)c(C(=O)OC(C)(C)C)n(CCN3CCN(C(=O)[C@H](C)Oc4cccc5c4C(=O)N(C4CCC(=O)NC4=O)C5=O)CC3)c12. The molecule has 1 unspecified atom stereocenters. The second-order valence-electron chi connectivity index (χ2n) is 19.6. The Bertz CT molecular complexity index is 3200. The minimum Gasteiger partial charge on any atom is -0.493 e. The Hall–Kier alpha value is -7.11. The molecule has 4 aromatic carbocycles. The van der Waals surface area contributed by atoms with Crippen molar-refractivity contribution in [2.75, 3.05) is 39.3 Å². The first-order valence-corrected chi connectivity index (χ1v) is 24.6. The lowest BCUT2D eigenvalue weighted by molar-refractivity contribution is -0.140. The Labute approximate surface area is 420 Å². The van der Waals surface area contributed by atoms with Crippen molar-refractivity contribution in [2.24, 2.45) is 7.05 Å². The molecule has 9 rings (SSSR count). The summed E-state index contributed by atoms with van der Waals surface area (Å²) in [5.74, 6) is -3.01. The normalized spacial score (nSPS) is 16.9. The topological polar surface area (TPSA) is 175 Å². The summed E-state index contributed by atoms with van der Waals surface area (Å²) in [4.78, 5) is 85.0. The fraction of sp³-hybridized carbons (Fsp3) is 0.389. The number of ether oxygens (including phenoxy) is 3. The molecule has 3 aliphatic heterocycles. The van der Waals surface area contributed by atoms with E-state index in [1.165, 1.54) is 24.3 Å². The molecule has 1 N–H and O–H groups in total. The number of carbonyl (C=O) groups excluding carboxylic acids is 6. The van der Waals surface area contributed by atoms with Crippen LogP contribution in [0.3, 0.4) is 0 Å². The summed E-state index contributed by atoms with van der Waals surface area (Å²) in [6.45, 7) is 14.0. The van der Waals surface area contributed by atoms with Crippen molar-refractivity contribution >= 4 is 68.8 Å². The summed E-state index contributed by atoms with van der Waals surface area (Å²) in [5.41, 5.74) is 4.52. The van der Waals surface area contributed by atoms with Gasteiger partial charge in [-0.2, -0.15) is 5.10 Å². The fourth-order valence-corrected chi connectivity index (χ4v) is 10.4. The Balaban J connectivity index is 0.951. The van der Waals surface area contributed by atoms with E-state index in [-0.39, 0.29) is 41.4 Å². The highest BCUT2D eigenvalue weighted by Crippen LogP contribution is 2.43. The minimum absolute atomic E-state index is 0.0109. The summed E-state index contributed by atoms with van der Waals surface area (Å²) < 4.78 is 36.5. The van der Waals surface area contributed by atoms with Crippen molar-refractivity contribution in [3.05, 3.63) is 111 Å². The second kappa shape index (κ2) is 19.8. The molecule has 2 aromatic heterocycles. The van der Waals surface area contributed by atoms with Crippen molar-refractivity contribution in [2.45, 2.75) is 91.5 Å². The largest absolute Gasteiger partial charge is 0.493 e. The summed E-state index contributed by atoms with van der Waals surface area (Å²) in [5, 5.41) is 9.82. The molecule has 16 nitrogen and oxygen atoms in total. The maximum absolute atomic E-state index is 14.7. The van der Waals surface area contributed by atoms with E-state index in [2.05, 4.69) is 10.2 Å². The zero-order valence-corrected chi connectivity index (χ0v) is 42.2. The number of hydrogen-bond acceptors (Lipinski definition) is 11. The zero-order valence-electron chi connectivity index (χ0n) is 41.4. The molecule has 2 fully saturated rings. The average Bonchev–Trinajstić information content (AvgIpc) is 3.89. The molecule has 0 radical (unpaired) electrons. The highest BCUT2D eigenvalue weighted by atomic mass is 35.5. The molecule has 2 atom stereocenters. The molecule has 2 saturated heterocycles. The summed E-state index contributed by atoms with van der Waals surface area (Å²) in [6.07, 6.45) is -0.0335. The Kier molecular flexibility index (Phi) is 13.7. The molecule has 72 heavy (non-hydrogen) atoms. The quantitative estimate of drug-likeness (QED) is 0.0647. The predicted molar refractivity (Wildman–Crippen MR) is 268 cm³/mol. The van der Waals surface area contributed by atoms with Crippen molar-refractivity contribution in [1.29, 1.82) is 0 Å². The maximum atomic E-state index is 14.7. The number of piperidine rings is 1. The smallest absolute Gasteiger partial charge is 0.355 e. The van der Waals surface area contributed by atoms with Crippen LogP contribution >= 0.6 is 11.6 Å². The lowest BCUT2D eigenvalue weighted by Gasteiger charge is -2.36. The highest BCUT2D eigenvalue weighted by molar-refractivity contribution is 6.35. The number of rotatable bonds is 14. The monoisotopic (exact) mass is 1000 g/mol. The first kappa shape index (κ1) is 49.9. The van der Waals surface area contributed by atoms with Gasteiger partial charge in [0.25, 0.3) is 17.7 Å². The molecule has 376 valence electrons. The first-order valence-electron chi connectivity index (χ1n) is 24.2. The minimum atomic E-state index is -1.14. The molecule has 3 aliphatic rings. The number of amides is 5. The van der Waals surface area contributed by atoms with Gasteiger partial charge in [-0.05, 0) is 114 Å². The van der Waals surface area contributed by atoms with Crippen LogP contribution in [0, 0.1) is 19.7 Å².